The smallest absolute Gasteiger partial charge is 0.254 e. The number of hydrogen-bond acceptors (Lipinski definition) is 3. The normalized spacial score (nSPS) is 20.3. The zero-order valence-corrected chi connectivity index (χ0v) is 16.0. The molecule has 0 bridgehead atoms. The van der Waals surface area contributed by atoms with Gasteiger partial charge >= 0.3 is 0 Å². The number of primary amides is 1. The van der Waals surface area contributed by atoms with Crippen molar-refractivity contribution in [1.82, 2.24) is 4.90 Å². The Hall–Kier alpha value is -2.66. The van der Waals surface area contributed by atoms with Crippen molar-refractivity contribution in [3.63, 3.8) is 0 Å². The van der Waals surface area contributed by atoms with E-state index in [-0.39, 0.29) is 23.5 Å². The van der Waals surface area contributed by atoms with Gasteiger partial charge in [-0.3, -0.25) is 9.59 Å². The number of hydrogen-bond donors (Lipinski definition) is 1. The average Bonchev–Trinajstić information content (AvgIpc) is 2.67. The molecule has 5 heteroatoms. The van der Waals surface area contributed by atoms with E-state index in [1.807, 2.05) is 35.2 Å². The Bertz CT molecular complexity index is 810. The molecule has 27 heavy (non-hydrogen) atoms. The van der Waals surface area contributed by atoms with Gasteiger partial charge in [0, 0.05) is 17.7 Å². The molecule has 2 amide bonds. The summed E-state index contributed by atoms with van der Waals surface area (Å²) in [6, 6.07) is 16.5. The van der Waals surface area contributed by atoms with Crippen LogP contribution in [0.15, 0.2) is 54.6 Å². The Balaban J connectivity index is 1.86. The predicted molar refractivity (Wildman–Crippen MR) is 104 cm³/mol. The van der Waals surface area contributed by atoms with Crippen LogP contribution in [0.3, 0.4) is 0 Å². The van der Waals surface area contributed by atoms with Crippen molar-refractivity contribution in [2.24, 2.45) is 11.1 Å². The first-order valence-electron chi connectivity index (χ1n) is 9.15. The van der Waals surface area contributed by atoms with Crippen LogP contribution in [0.5, 0.6) is 0 Å². The van der Waals surface area contributed by atoms with Gasteiger partial charge in [-0.15, -0.1) is 0 Å². The number of rotatable bonds is 3. The highest BCUT2D eigenvalue weighted by Gasteiger charge is 2.37. The van der Waals surface area contributed by atoms with Gasteiger partial charge in [0.2, 0.25) is 5.91 Å². The number of carbonyl (C=O) groups is 2. The Morgan fingerprint density at radius 3 is 2.11 bits per heavy atom. The van der Waals surface area contributed by atoms with Crippen molar-refractivity contribution in [3.8, 4) is 0 Å². The van der Waals surface area contributed by atoms with E-state index in [9.17, 15) is 9.59 Å². The maximum absolute atomic E-state index is 13.1. The summed E-state index contributed by atoms with van der Waals surface area (Å²) in [6.07, 6.45) is -0.247. The van der Waals surface area contributed by atoms with Crippen LogP contribution in [0.2, 0.25) is 0 Å². The van der Waals surface area contributed by atoms with Crippen molar-refractivity contribution in [2.75, 3.05) is 13.1 Å². The summed E-state index contributed by atoms with van der Waals surface area (Å²) in [7, 11) is 0. The molecule has 2 N–H and O–H groups in total. The molecule has 0 saturated carbocycles. The van der Waals surface area contributed by atoms with Gasteiger partial charge < -0.3 is 15.4 Å². The van der Waals surface area contributed by atoms with Crippen LogP contribution in [0.25, 0.3) is 0 Å². The minimum Gasteiger partial charge on any atom is -0.366 e. The van der Waals surface area contributed by atoms with Gasteiger partial charge in [0.1, 0.15) is 6.10 Å². The second kappa shape index (κ2) is 7.53. The highest BCUT2D eigenvalue weighted by atomic mass is 16.5. The van der Waals surface area contributed by atoms with Gasteiger partial charge in [0.25, 0.3) is 5.91 Å². The third-order valence-corrected chi connectivity index (χ3v) is 4.94. The Morgan fingerprint density at radius 1 is 0.963 bits per heavy atom. The number of benzene rings is 2. The molecular formula is C22H26N2O3. The number of amides is 2. The van der Waals surface area contributed by atoms with Crippen molar-refractivity contribution in [2.45, 2.75) is 33.0 Å². The summed E-state index contributed by atoms with van der Waals surface area (Å²) in [5.41, 5.74) is 7.18. The number of nitrogens with two attached hydrogens (primary N) is 1. The molecule has 0 radical (unpaired) electrons. The first-order chi connectivity index (χ1) is 12.8. The maximum Gasteiger partial charge on any atom is 0.254 e. The Morgan fingerprint density at radius 2 is 1.56 bits per heavy atom. The fourth-order valence-electron chi connectivity index (χ4n) is 3.21. The molecule has 0 spiro atoms. The van der Waals surface area contributed by atoms with Crippen molar-refractivity contribution in [3.05, 3.63) is 71.3 Å². The van der Waals surface area contributed by atoms with Crippen molar-refractivity contribution < 1.29 is 14.3 Å². The fourth-order valence-corrected chi connectivity index (χ4v) is 3.21. The average molecular weight is 366 g/mol. The van der Waals surface area contributed by atoms with E-state index in [0.717, 1.165) is 5.56 Å². The van der Waals surface area contributed by atoms with E-state index in [1.165, 1.54) is 0 Å². The molecule has 1 saturated heterocycles. The van der Waals surface area contributed by atoms with Crippen molar-refractivity contribution in [1.29, 1.82) is 0 Å². The molecule has 1 heterocycles. The monoisotopic (exact) mass is 366 g/mol. The first kappa shape index (κ1) is 19.1. The third kappa shape index (κ3) is 4.37. The van der Waals surface area contributed by atoms with Crippen LogP contribution in [0, 0.1) is 5.41 Å². The number of ether oxygens (including phenoxy) is 1. The van der Waals surface area contributed by atoms with E-state index in [1.54, 1.807) is 24.3 Å². The van der Waals surface area contributed by atoms with Crippen molar-refractivity contribution >= 4 is 11.8 Å². The second-order valence-corrected chi connectivity index (χ2v) is 8.04. The molecule has 0 aliphatic carbocycles. The molecule has 2 aromatic rings. The summed E-state index contributed by atoms with van der Waals surface area (Å²) >= 11 is 0. The summed E-state index contributed by atoms with van der Waals surface area (Å²) in [5, 5.41) is 0. The van der Waals surface area contributed by atoms with Crippen LogP contribution in [0.1, 0.15) is 53.2 Å². The van der Waals surface area contributed by atoms with Gasteiger partial charge in [-0.25, -0.2) is 0 Å². The van der Waals surface area contributed by atoms with E-state index in [2.05, 4.69) is 20.8 Å². The minimum absolute atomic E-state index is 0.0653. The molecule has 1 aliphatic rings. The maximum atomic E-state index is 13.1. The summed E-state index contributed by atoms with van der Waals surface area (Å²) < 4.78 is 6.35. The topological polar surface area (TPSA) is 72.6 Å². The van der Waals surface area contributed by atoms with Gasteiger partial charge in [-0.05, 0) is 35.2 Å². The molecule has 142 valence electrons. The third-order valence-electron chi connectivity index (χ3n) is 4.94. The Labute approximate surface area is 160 Å². The molecule has 0 unspecified atom stereocenters. The number of morpholine rings is 1. The van der Waals surface area contributed by atoms with E-state index < -0.39 is 5.91 Å². The number of carbonyl (C=O) groups excluding carboxylic acids is 2. The summed E-state index contributed by atoms with van der Waals surface area (Å²) in [5.74, 6) is -0.568. The molecule has 2 atom stereocenters. The van der Waals surface area contributed by atoms with Crippen LogP contribution in [0.4, 0.5) is 0 Å². The zero-order chi connectivity index (χ0) is 19.6. The fraction of sp³-hybridized carbons (Fsp3) is 0.364. The summed E-state index contributed by atoms with van der Waals surface area (Å²) in [4.78, 5) is 26.2. The lowest BCUT2D eigenvalue weighted by Crippen LogP contribution is -2.51. The molecule has 1 fully saturated rings. The van der Waals surface area contributed by atoms with Crippen LogP contribution < -0.4 is 5.73 Å². The zero-order valence-electron chi connectivity index (χ0n) is 16.0. The van der Waals surface area contributed by atoms with Gasteiger partial charge in [0.05, 0.1) is 12.6 Å². The summed E-state index contributed by atoms with van der Waals surface area (Å²) in [6.45, 7) is 7.39. The number of nitrogens with zero attached hydrogens (tertiary/aromatic N) is 1. The lowest BCUT2D eigenvalue weighted by Gasteiger charge is -2.43. The molecule has 1 aliphatic heterocycles. The van der Waals surface area contributed by atoms with Crippen LogP contribution >= 0.6 is 0 Å². The highest BCUT2D eigenvalue weighted by molar-refractivity contribution is 5.97. The SMILES string of the molecule is CC(C)(C)[C@H]1CN(C(=O)c2ccc(C(N)=O)cc2)C[C@@H](c2ccccc2)O1. The van der Waals surface area contributed by atoms with Crippen LogP contribution in [-0.2, 0) is 4.74 Å². The molecule has 0 aromatic heterocycles. The van der Waals surface area contributed by atoms with Crippen LogP contribution in [-0.4, -0.2) is 35.9 Å². The largest absolute Gasteiger partial charge is 0.366 e. The first-order valence-corrected chi connectivity index (χ1v) is 9.15. The van der Waals surface area contributed by atoms with E-state index in [4.69, 9.17) is 10.5 Å². The molecule has 2 aromatic carbocycles. The lowest BCUT2D eigenvalue weighted by molar-refractivity contribution is -0.119. The lowest BCUT2D eigenvalue weighted by atomic mass is 9.87. The van der Waals surface area contributed by atoms with Gasteiger partial charge in [-0.2, -0.15) is 0 Å². The van der Waals surface area contributed by atoms with Gasteiger partial charge in [-0.1, -0.05) is 51.1 Å². The second-order valence-electron chi connectivity index (χ2n) is 8.04. The predicted octanol–water partition coefficient (Wildman–Crippen LogP) is 3.41. The molecule has 5 nitrogen and oxygen atoms in total. The van der Waals surface area contributed by atoms with E-state index in [0.29, 0.717) is 24.2 Å². The molecule has 3 rings (SSSR count). The quantitative estimate of drug-likeness (QED) is 0.905. The molecular weight excluding hydrogens is 340 g/mol. The van der Waals surface area contributed by atoms with Gasteiger partial charge in [0.15, 0.2) is 0 Å². The minimum atomic E-state index is -0.502. The highest BCUT2D eigenvalue weighted by Crippen LogP contribution is 2.34. The standard InChI is InChI=1S/C22H26N2O3/c1-22(2,3)19-14-24(13-18(27-19)15-7-5-4-6-8-15)21(26)17-11-9-16(10-12-17)20(23)25/h4-12,18-19H,13-14H2,1-3H3,(H2,23,25)/t18-,19+/m0/s1. The van der Waals surface area contributed by atoms with E-state index >= 15 is 0 Å². The Kier molecular flexibility index (Phi) is 5.33.